The second-order valence-electron chi connectivity index (χ2n) is 4.52. The highest BCUT2D eigenvalue weighted by Crippen LogP contribution is 2.20. The molecule has 0 amide bonds. The molecule has 5 heteroatoms. The molecule has 1 fully saturated rings. The number of rotatable bonds is 4. The Bertz CT molecular complexity index is 422. The number of nitro groups is 1. The molecule has 0 spiro atoms. The van der Waals surface area contributed by atoms with Gasteiger partial charge in [-0.15, -0.1) is 0 Å². The molecule has 0 heterocycles. The van der Waals surface area contributed by atoms with Crippen LogP contribution in [0.5, 0.6) is 0 Å². The van der Waals surface area contributed by atoms with Gasteiger partial charge in [-0.3, -0.25) is 15.1 Å². The van der Waals surface area contributed by atoms with Gasteiger partial charge in [0.1, 0.15) is 0 Å². The summed E-state index contributed by atoms with van der Waals surface area (Å²) in [6.07, 6.45) is 7.88. The average Bonchev–Trinajstić information content (AvgIpc) is 2.40. The van der Waals surface area contributed by atoms with Gasteiger partial charge in [0, 0.05) is 17.8 Å². The van der Waals surface area contributed by atoms with Gasteiger partial charge >= 0.3 is 0 Å². The van der Waals surface area contributed by atoms with Crippen molar-refractivity contribution >= 4 is 17.7 Å². The Hall–Kier alpha value is -1.91. The lowest BCUT2D eigenvalue weighted by Crippen LogP contribution is -2.11. The third-order valence-corrected chi connectivity index (χ3v) is 3.17. The van der Waals surface area contributed by atoms with Crippen LogP contribution < -0.4 is 5.32 Å². The maximum Gasteiger partial charge on any atom is 0.269 e. The molecule has 0 saturated heterocycles. The minimum absolute atomic E-state index is 0.102. The number of hydrogen-bond acceptors (Lipinski definition) is 3. The molecule has 0 aromatic heterocycles. The molecule has 5 nitrogen and oxygen atoms in total. The highest BCUT2D eigenvalue weighted by atomic mass is 16.6. The summed E-state index contributed by atoms with van der Waals surface area (Å²) in [6, 6.07) is 6.77. The highest BCUT2D eigenvalue weighted by Gasteiger charge is 2.10. The summed E-state index contributed by atoms with van der Waals surface area (Å²) >= 11 is 0. The smallest absolute Gasteiger partial charge is 0.269 e. The van der Waals surface area contributed by atoms with Crippen molar-refractivity contribution in [2.75, 3.05) is 5.32 Å². The largest absolute Gasteiger partial charge is 0.347 e. The van der Waals surface area contributed by atoms with E-state index in [2.05, 4.69) is 10.3 Å². The van der Waals surface area contributed by atoms with Gasteiger partial charge in [0.15, 0.2) is 0 Å². The molecule has 1 aromatic rings. The Morgan fingerprint density at radius 3 is 2.50 bits per heavy atom. The van der Waals surface area contributed by atoms with E-state index >= 15 is 0 Å². The number of aliphatic imine (C=N–C) groups is 1. The van der Waals surface area contributed by atoms with Crippen LogP contribution in [0.1, 0.15) is 32.1 Å². The molecule has 1 aromatic carbocycles. The van der Waals surface area contributed by atoms with Crippen LogP contribution in [0.3, 0.4) is 0 Å². The average molecular weight is 247 g/mol. The maximum atomic E-state index is 10.5. The Labute approximate surface area is 106 Å². The summed E-state index contributed by atoms with van der Waals surface area (Å²) < 4.78 is 0. The summed E-state index contributed by atoms with van der Waals surface area (Å²) in [6.45, 7) is 0. The van der Waals surface area contributed by atoms with Gasteiger partial charge < -0.3 is 5.32 Å². The van der Waals surface area contributed by atoms with E-state index in [1.807, 2.05) is 0 Å². The fourth-order valence-corrected chi connectivity index (χ4v) is 2.13. The first-order valence-corrected chi connectivity index (χ1v) is 6.28. The molecule has 0 unspecified atom stereocenters. The van der Waals surface area contributed by atoms with E-state index in [9.17, 15) is 10.1 Å². The number of non-ortho nitro benzene ring substituents is 1. The number of anilines is 1. The van der Waals surface area contributed by atoms with Crippen molar-refractivity contribution in [1.29, 1.82) is 0 Å². The first-order valence-electron chi connectivity index (χ1n) is 6.28. The number of benzene rings is 1. The van der Waals surface area contributed by atoms with Gasteiger partial charge in [0.25, 0.3) is 5.69 Å². The Morgan fingerprint density at radius 2 is 1.89 bits per heavy atom. The quantitative estimate of drug-likeness (QED) is 0.384. The van der Waals surface area contributed by atoms with E-state index in [0.717, 1.165) is 5.69 Å². The summed E-state index contributed by atoms with van der Waals surface area (Å²) in [5, 5.41) is 13.5. The van der Waals surface area contributed by atoms with Gasteiger partial charge in [-0.25, -0.2) is 0 Å². The molecule has 0 atom stereocenters. The van der Waals surface area contributed by atoms with Crippen molar-refractivity contribution < 1.29 is 4.92 Å². The second-order valence-corrected chi connectivity index (χ2v) is 4.52. The maximum absolute atomic E-state index is 10.5. The number of hydrogen-bond donors (Lipinski definition) is 1. The number of nitrogens with zero attached hydrogens (tertiary/aromatic N) is 2. The number of nitrogens with one attached hydrogen (secondary N) is 1. The second kappa shape index (κ2) is 6.14. The molecule has 2 rings (SSSR count). The van der Waals surface area contributed by atoms with Gasteiger partial charge in [0.2, 0.25) is 0 Å². The van der Waals surface area contributed by atoms with Crippen molar-refractivity contribution in [3.8, 4) is 0 Å². The molecular weight excluding hydrogens is 230 g/mol. The minimum Gasteiger partial charge on any atom is -0.347 e. The van der Waals surface area contributed by atoms with E-state index in [-0.39, 0.29) is 5.69 Å². The third kappa shape index (κ3) is 3.55. The van der Waals surface area contributed by atoms with Crippen LogP contribution in [0.25, 0.3) is 0 Å². The van der Waals surface area contributed by atoms with E-state index < -0.39 is 4.92 Å². The van der Waals surface area contributed by atoms with Crippen LogP contribution in [0.4, 0.5) is 11.4 Å². The molecule has 1 saturated carbocycles. The van der Waals surface area contributed by atoms with E-state index in [1.54, 1.807) is 18.5 Å². The lowest BCUT2D eigenvalue weighted by molar-refractivity contribution is -0.384. The normalized spacial score (nSPS) is 16.9. The summed E-state index contributed by atoms with van der Waals surface area (Å²) in [5.74, 6) is 0. The molecule has 0 radical (unpaired) electrons. The van der Waals surface area contributed by atoms with Crippen LogP contribution in [0.2, 0.25) is 0 Å². The highest BCUT2D eigenvalue weighted by molar-refractivity contribution is 5.75. The fourth-order valence-electron chi connectivity index (χ4n) is 2.13. The third-order valence-electron chi connectivity index (χ3n) is 3.17. The first-order chi connectivity index (χ1) is 8.75. The van der Waals surface area contributed by atoms with Crippen molar-refractivity contribution in [2.45, 2.75) is 38.1 Å². The Balaban J connectivity index is 1.85. The molecular formula is C13H17N3O2. The van der Waals surface area contributed by atoms with Gasteiger partial charge in [-0.1, -0.05) is 19.3 Å². The molecule has 96 valence electrons. The van der Waals surface area contributed by atoms with E-state index in [1.165, 1.54) is 44.2 Å². The molecule has 0 aliphatic heterocycles. The first kappa shape index (κ1) is 12.5. The van der Waals surface area contributed by atoms with Gasteiger partial charge in [-0.2, -0.15) is 0 Å². The fraction of sp³-hybridized carbons (Fsp3) is 0.462. The van der Waals surface area contributed by atoms with Crippen LogP contribution in [-0.4, -0.2) is 17.3 Å². The number of nitro benzene ring substituents is 1. The lowest BCUT2D eigenvalue weighted by atomic mass is 9.96. The van der Waals surface area contributed by atoms with E-state index in [4.69, 9.17) is 0 Å². The monoisotopic (exact) mass is 247 g/mol. The summed E-state index contributed by atoms with van der Waals surface area (Å²) in [4.78, 5) is 14.6. The van der Waals surface area contributed by atoms with Crippen LogP contribution >= 0.6 is 0 Å². The van der Waals surface area contributed by atoms with Crippen LogP contribution in [0, 0.1) is 10.1 Å². The van der Waals surface area contributed by atoms with Crippen molar-refractivity contribution in [3.05, 3.63) is 34.4 Å². The SMILES string of the molecule is O=[N+]([O-])c1ccc(NC=NC2CCCCC2)cc1. The van der Waals surface area contributed by atoms with Crippen LogP contribution in [-0.2, 0) is 0 Å². The Kier molecular flexibility index (Phi) is 4.28. The zero-order valence-corrected chi connectivity index (χ0v) is 10.2. The minimum atomic E-state index is -0.403. The molecule has 1 aliphatic rings. The van der Waals surface area contributed by atoms with Crippen molar-refractivity contribution in [1.82, 2.24) is 0 Å². The van der Waals surface area contributed by atoms with Crippen molar-refractivity contribution in [2.24, 2.45) is 4.99 Å². The molecule has 18 heavy (non-hydrogen) atoms. The van der Waals surface area contributed by atoms with Gasteiger partial charge in [0.05, 0.1) is 17.3 Å². The van der Waals surface area contributed by atoms with E-state index in [0.29, 0.717) is 6.04 Å². The zero-order chi connectivity index (χ0) is 12.8. The predicted molar refractivity (Wildman–Crippen MR) is 72.1 cm³/mol. The lowest BCUT2D eigenvalue weighted by Gasteiger charge is -2.17. The molecule has 1 N–H and O–H groups in total. The summed E-state index contributed by atoms with van der Waals surface area (Å²) in [5.41, 5.74) is 0.921. The van der Waals surface area contributed by atoms with Gasteiger partial charge in [-0.05, 0) is 25.0 Å². The zero-order valence-electron chi connectivity index (χ0n) is 10.2. The molecule has 1 aliphatic carbocycles. The van der Waals surface area contributed by atoms with Crippen molar-refractivity contribution in [3.63, 3.8) is 0 Å². The predicted octanol–water partition coefficient (Wildman–Crippen LogP) is 3.37. The summed E-state index contributed by atoms with van der Waals surface area (Å²) in [7, 11) is 0. The standard InChI is InChI=1S/C13H17N3O2/c17-16(18)13-8-6-12(7-9-13)15-10-14-11-4-2-1-3-5-11/h6-11H,1-5H2,(H,14,15). The molecule has 0 bridgehead atoms. The topological polar surface area (TPSA) is 67.5 Å². The van der Waals surface area contributed by atoms with Crippen LogP contribution in [0.15, 0.2) is 29.3 Å². The Morgan fingerprint density at radius 1 is 1.22 bits per heavy atom.